The van der Waals surface area contributed by atoms with Crippen LogP contribution in [-0.4, -0.2) is 40.3 Å². The molecule has 0 bridgehead atoms. The Bertz CT molecular complexity index is 840. The van der Waals surface area contributed by atoms with Crippen LogP contribution in [0.3, 0.4) is 0 Å². The highest BCUT2D eigenvalue weighted by atomic mass is 35.5. The number of carbonyl (C=O) groups is 1. The predicted octanol–water partition coefficient (Wildman–Crippen LogP) is 2.95. The summed E-state index contributed by atoms with van der Waals surface area (Å²) < 4.78 is 30.4. The fraction of sp³-hybridized carbons (Fsp3) is 0.235. The Balaban J connectivity index is 1.87. The van der Waals surface area contributed by atoms with Gasteiger partial charge < -0.3 is 10.1 Å². The van der Waals surface area contributed by atoms with E-state index in [1.165, 1.54) is 0 Å². The zero-order valence-electron chi connectivity index (χ0n) is 14.0. The van der Waals surface area contributed by atoms with Gasteiger partial charge in [0.15, 0.2) is 0 Å². The van der Waals surface area contributed by atoms with Gasteiger partial charge in [0, 0.05) is 10.0 Å². The number of benzene rings is 2. The fourth-order valence-corrected chi connectivity index (χ4v) is 3.19. The van der Waals surface area contributed by atoms with Crippen molar-refractivity contribution in [2.24, 2.45) is 0 Å². The first kappa shape index (κ1) is 20.4. The highest BCUT2D eigenvalue weighted by molar-refractivity contribution is 7.92. The molecular weight excluding hydrogens is 399 g/mol. The van der Waals surface area contributed by atoms with E-state index in [9.17, 15) is 13.2 Å². The van der Waals surface area contributed by atoms with E-state index in [0.717, 1.165) is 10.6 Å². The molecule has 0 aliphatic heterocycles. The summed E-state index contributed by atoms with van der Waals surface area (Å²) in [6.07, 6.45) is 1.04. The molecule has 2 rings (SSSR count). The van der Waals surface area contributed by atoms with E-state index < -0.39 is 15.9 Å². The molecule has 140 valence electrons. The van der Waals surface area contributed by atoms with E-state index in [0.29, 0.717) is 21.5 Å². The van der Waals surface area contributed by atoms with Gasteiger partial charge in [-0.3, -0.25) is 9.10 Å². The molecule has 26 heavy (non-hydrogen) atoms. The molecule has 0 aliphatic carbocycles. The van der Waals surface area contributed by atoms with E-state index in [1.54, 1.807) is 48.5 Å². The lowest BCUT2D eigenvalue weighted by molar-refractivity contribution is -0.119. The van der Waals surface area contributed by atoms with Crippen molar-refractivity contribution >= 4 is 44.8 Å². The topological polar surface area (TPSA) is 75.7 Å². The number of amides is 1. The molecule has 0 aliphatic rings. The second kappa shape index (κ2) is 9.12. The number of ether oxygens (including phenoxy) is 1. The first-order valence-electron chi connectivity index (χ1n) is 7.64. The number of rotatable bonds is 8. The van der Waals surface area contributed by atoms with Crippen molar-refractivity contribution < 1.29 is 17.9 Å². The molecule has 0 unspecified atom stereocenters. The summed E-state index contributed by atoms with van der Waals surface area (Å²) in [7, 11) is -3.62. The molecule has 0 atom stereocenters. The van der Waals surface area contributed by atoms with Crippen LogP contribution in [0.25, 0.3) is 0 Å². The maximum absolute atomic E-state index is 12.1. The Morgan fingerprint density at radius 2 is 1.58 bits per heavy atom. The average Bonchev–Trinajstić information content (AvgIpc) is 2.58. The third kappa shape index (κ3) is 6.40. The van der Waals surface area contributed by atoms with Gasteiger partial charge in [0.2, 0.25) is 15.9 Å². The van der Waals surface area contributed by atoms with Gasteiger partial charge in [-0.25, -0.2) is 8.42 Å². The molecule has 9 heteroatoms. The van der Waals surface area contributed by atoms with Gasteiger partial charge in [-0.05, 0) is 48.5 Å². The first-order valence-corrected chi connectivity index (χ1v) is 10.2. The Morgan fingerprint density at radius 1 is 1.04 bits per heavy atom. The summed E-state index contributed by atoms with van der Waals surface area (Å²) in [6, 6.07) is 13.0. The Morgan fingerprint density at radius 3 is 2.12 bits per heavy atom. The van der Waals surface area contributed by atoms with Crippen LogP contribution in [0.4, 0.5) is 5.69 Å². The number of nitrogens with one attached hydrogen (secondary N) is 1. The van der Waals surface area contributed by atoms with Gasteiger partial charge in [0.05, 0.1) is 18.5 Å². The molecule has 0 fully saturated rings. The maximum atomic E-state index is 12.1. The summed E-state index contributed by atoms with van der Waals surface area (Å²) in [5, 5.41) is 3.71. The summed E-state index contributed by atoms with van der Waals surface area (Å²) >= 11 is 11.6. The van der Waals surface area contributed by atoms with Crippen LogP contribution in [-0.2, 0) is 14.8 Å². The van der Waals surface area contributed by atoms with Crippen LogP contribution >= 0.6 is 23.2 Å². The lowest BCUT2D eigenvalue weighted by Gasteiger charge is -2.22. The molecule has 2 aromatic rings. The van der Waals surface area contributed by atoms with E-state index >= 15 is 0 Å². The second-order valence-corrected chi connectivity index (χ2v) is 8.18. The number of hydrogen-bond donors (Lipinski definition) is 1. The highest BCUT2D eigenvalue weighted by Gasteiger charge is 2.20. The summed E-state index contributed by atoms with van der Waals surface area (Å²) in [6.45, 7) is 0.147. The molecule has 0 saturated carbocycles. The van der Waals surface area contributed by atoms with Crippen LogP contribution in [0.2, 0.25) is 10.0 Å². The molecule has 6 nitrogen and oxygen atoms in total. The van der Waals surface area contributed by atoms with E-state index in [1.807, 2.05) is 0 Å². The number of halogens is 2. The van der Waals surface area contributed by atoms with Crippen molar-refractivity contribution in [3.05, 3.63) is 58.6 Å². The largest absolute Gasteiger partial charge is 0.492 e. The zero-order valence-corrected chi connectivity index (χ0v) is 16.3. The van der Waals surface area contributed by atoms with Crippen molar-refractivity contribution in [1.82, 2.24) is 5.32 Å². The van der Waals surface area contributed by atoms with Gasteiger partial charge in [-0.1, -0.05) is 23.2 Å². The standard InChI is InChI=1S/C17H18Cl2N2O4S/c1-26(23,24)21(15-6-2-13(18)3-7-15)12-17(22)20-10-11-25-16-8-4-14(19)5-9-16/h2-9H,10-12H2,1H3,(H,20,22). The zero-order chi connectivity index (χ0) is 19.2. The SMILES string of the molecule is CS(=O)(=O)N(CC(=O)NCCOc1ccc(Cl)cc1)c1ccc(Cl)cc1. The summed E-state index contributed by atoms with van der Waals surface area (Å²) in [5.74, 6) is 0.188. The maximum Gasteiger partial charge on any atom is 0.240 e. The third-order valence-electron chi connectivity index (χ3n) is 3.31. The van der Waals surface area contributed by atoms with Crippen molar-refractivity contribution in [3.63, 3.8) is 0 Å². The Kier molecular flexibility index (Phi) is 7.14. The van der Waals surface area contributed by atoms with Gasteiger partial charge in [0.25, 0.3) is 0 Å². The smallest absolute Gasteiger partial charge is 0.240 e. The predicted molar refractivity (Wildman–Crippen MR) is 104 cm³/mol. The fourth-order valence-electron chi connectivity index (χ4n) is 2.08. The van der Waals surface area contributed by atoms with Crippen LogP contribution < -0.4 is 14.4 Å². The lowest BCUT2D eigenvalue weighted by Crippen LogP contribution is -2.41. The molecule has 0 spiro atoms. The van der Waals surface area contributed by atoms with Crippen molar-refractivity contribution in [2.75, 3.05) is 30.3 Å². The lowest BCUT2D eigenvalue weighted by atomic mass is 10.3. The molecule has 1 amide bonds. The molecule has 0 saturated heterocycles. The molecule has 0 radical (unpaired) electrons. The normalized spacial score (nSPS) is 11.0. The molecule has 0 heterocycles. The monoisotopic (exact) mass is 416 g/mol. The van der Waals surface area contributed by atoms with Gasteiger partial charge in [0.1, 0.15) is 18.9 Å². The molecule has 2 aromatic carbocycles. The minimum Gasteiger partial charge on any atom is -0.492 e. The summed E-state index contributed by atoms with van der Waals surface area (Å²) in [4.78, 5) is 12.1. The average molecular weight is 417 g/mol. The first-order chi connectivity index (χ1) is 12.3. The third-order valence-corrected chi connectivity index (χ3v) is 4.95. The Hall–Kier alpha value is -1.96. The van der Waals surface area contributed by atoms with Crippen LogP contribution in [0.5, 0.6) is 5.75 Å². The van der Waals surface area contributed by atoms with Gasteiger partial charge >= 0.3 is 0 Å². The number of carbonyl (C=O) groups excluding carboxylic acids is 1. The molecule has 0 aromatic heterocycles. The van der Waals surface area contributed by atoms with Gasteiger partial charge in [-0.15, -0.1) is 0 Å². The van der Waals surface area contributed by atoms with Crippen LogP contribution in [0.15, 0.2) is 48.5 Å². The minimum atomic E-state index is -3.62. The van der Waals surface area contributed by atoms with E-state index in [-0.39, 0.29) is 19.7 Å². The molecule has 1 N–H and O–H groups in total. The number of sulfonamides is 1. The quantitative estimate of drug-likeness (QED) is 0.671. The summed E-state index contributed by atoms with van der Waals surface area (Å²) in [5.41, 5.74) is 0.365. The van der Waals surface area contributed by atoms with Crippen molar-refractivity contribution in [2.45, 2.75) is 0 Å². The van der Waals surface area contributed by atoms with E-state index in [2.05, 4.69) is 5.32 Å². The van der Waals surface area contributed by atoms with Crippen LogP contribution in [0.1, 0.15) is 0 Å². The Labute approximate surface area is 162 Å². The number of nitrogens with zero attached hydrogens (tertiary/aromatic N) is 1. The van der Waals surface area contributed by atoms with Crippen molar-refractivity contribution in [1.29, 1.82) is 0 Å². The van der Waals surface area contributed by atoms with Crippen LogP contribution in [0, 0.1) is 0 Å². The second-order valence-electron chi connectivity index (χ2n) is 5.40. The highest BCUT2D eigenvalue weighted by Crippen LogP contribution is 2.20. The molecular formula is C17H18Cl2N2O4S. The minimum absolute atomic E-state index is 0.236. The van der Waals surface area contributed by atoms with E-state index in [4.69, 9.17) is 27.9 Å². The van der Waals surface area contributed by atoms with Gasteiger partial charge in [-0.2, -0.15) is 0 Å². The van der Waals surface area contributed by atoms with Crippen molar-refractivity contribution in [3.8, 4) is 5.75 Å². The number of anilines is 1. The number of hydrogen-bond acceptors (Lipinski definition) is 4.